The van der Waals surface area contributed by atoms with Crippen LogP contribution in [0.4, 0.5) is 0 Å². The third kappa shape index (κ3) is 4.39. The first-order valence-corrected chi connectivity index (χ1v) is 9.86. The average molecular weight is 397 g/mol. The smallest absolute Gasteiger partial charge is 0.319 e. The standard InChI is InChI=1S/C18H21ClN2O4S/c1-11(2)24-8-3-7-21-16(22)13-5-4-12(19)10-14(13)20-18(21)26-15-6-9-25-17(15)23/h4-5,10-11,15H,3,6-9H2,1-2H3/t15-/m0/s1. The van der Waals surface area contributed by atoms with Gasteiger partial charge < -0.3 is 9.47 Å². The van der Waals surface area contributed by atoms with Crippen molar-refractivity contribution in [1.29, 1.82) is 0 Å². The van der Waals surface area contributed by atoms with Gasteiger partial charge in [-0.15, -0.1) is 0 Å². The van der Waals surface area contributed by atoms with Crippen LogP contribution >= 0.6 is 23.4 Å². The van der Waals surface area contributed by atoms with E-state index < -0.39 is 0 Å². The maximum Gasteiger partial charge on any atom is 0.319 e. The van der Waals surface area contributed by atoms with Gasteiger partial charge in [-0.2, -0.15) is 0 Å². The highest BCUT2D eigenvalue weighted by Crippen LogP contribution is 2.29. The van der Waals surface area contributed by atoms with Crippen LogP contribution in [0, 0.1) is 0 Å². The Labute approximate surface area is 160 Å². The van der Waals surface area contributed by atoms with Crippen LogP contribution in [-0.2, 0) is 20.8 Å². The van der Waals surface area contributed by atoms with E-state index in [2.05, 4.69) is 4.98 Å². The number of esters is 1. The Morgan fingerprint density at radius 3 is 2.92 bits per heavy atom. The second kappa shape index (κ2) is 8.41. The number of carbonyl (C=O) groups excluding carboxylic acids is 1. The minimum absolute atomic E-state index is 0.134. The number of hydrogen-bond donors (Lipinski definition) is 0. The number of benzene rings is 1. The molecule has 26 heavy (non-hydrogen) atoms. The van der Waals surface area contributed by atoms with Crippen LogP contribution < -0.4 is 5.56 Å². The van der Waals surface area contributed by atoms with Crippen LogP contribution in [-0.4, -0.2) is 40.1 Å². The molecule has 1 aliphatic rings. The zero-order valence-electron chi connectivity index (χ0n) is 14.7. The fraction of sp³-hybridized carbons (Fsp3) is 0.500. The molecular weight excluding hydrogens is 376 g/mol. The third-order valence-electron chi connectivity index (χ3n) is 3.99. The van der Waals surface area contributed by atoms with Gasteiger partial charge in [0.15, 0.2) is 5.16 Å². The van der Waals surface area contributed by atoms with Gasteiger partial charge in [-0.1, -0.05) is 23.4 Å². The van der Waals surface area contributed by atoms with Crippen LogP contribution in [0.15, 0.2) is 28.2 Å². The van der Waals surface area contributed by atoms with Crippen molar-refractivity contribution in [3.8, 4) is 0 Å². The summed E-state index contributed by atoms with van der Waals surface area (Å²) in [6, 6.07) is 5.04. The summed E-state index contributed by atoms with van der Waals surface area (Å²) in [5, 5.41) is 1.20. The van der Waals surface area contributed by atoms with Gasteiger partial charge in [-0.25, -0.2) is 4.98 Å². The Bertz CT molecular complexity index is 868. The maximum absolute atomic E-state index is 13.0. The van der Waals surface area contributed by atoms with E-state index in [1.165, 1.54) is 11.8 Å². The molecule has 0 bridgehead atoms. The maximum atomic E-state index is 13.0. The molecule has 2 aromatic rings. The highest BCUT2D eigenvalue weighted by molar-refractivity contribution is 8.00. The normalized spacial score (nSPS) is 17.2. The Balaban J connectivity index is 1.93. The molecule has 1 aromatic heterocycles. The number of nitrogens with zero attached hydrogens (tertiary/aromatic N) is 2. The summed E-state index contributed by atoms with van der Waals surface area (Å²) in [4.78, 5) is 29.4. The lowest BCUT2D eigenvalue weighted by atomic mass is 10.2. The first-order chi connectivity index (χ1) is 12.5. The quantitative estimate of drug-likeness (QED) is 0.406. The number of carbonyl (C=O) groups is 1. The zero-order chi connectivity index (χ0) is 18.7. The van der Waals surface area contributed by atoms with Gasteiger partial charge in [0, 0.05) is 24.6 Å². The molecule has 0 spiro atoms. The summed E-state index contributed by atoms with van der Waals surface area (Å²) in [7, 11) is 0. The minimum atomic E-state index is -0.336. The monoisotopic (exact) mass is 396 g/mol. The highest BCUT2D eigenvalue weighted by Gasteiger charge is 2.29. The van der Waals surface area contributed by atoms with E-state index in [-0.39, 0.29) is 22.9 Å². The van der Waals surface area contributed by atoms with Gasteiger partial charge in [0.25, 0.3) is 5.56 Å². The number of cyclic esters (lactones) is 1. The Morgan fingerprint density at radius 2 is 2.23 bits per heavy atom. The van der Waals surface area contributed by atoms with Crippen molar-refractivity contribution in [3.05, 3.63) is 33.6 Å². The Morgan fingerprint density at radius 1 is 1.42 bits per heavy atom. The van der Waals surface area contributed by atoms with Gasteiger partial charge in [-0.05, 0) is 38.5 Å². The molecule has 0 unspecified atom stereocenters. The molecule has 0 saturated carbocycles. The van der Waals surface area contributed by atoms with E-state index in [1.807, 2.05) is 13.8 Å². The fourth-order valence-corrected chi connectivity index (χ4v) is 3.97. The van der Waals surface area contributed by atoms with E-state index in [0.29, 0.717) is 53.7 Å². The number of halogens is 1. The van der Waals surface area contributed by atoms with Crippen LogP contribution in [0.2, 0.25) is 5.02 Å². The van der Waals surface area contributed by atoms with Crippen molar-refractivity contribution < 1.29 is 14.3 Å². The molecule has 3 rings (SSSR count). The summed E-state index contributed by atoms with van der Waals surface area (Å²) in [6.07, 6.45) is 1.44. The van der Waals surface area contributed by atoms with Crippen LogP contribution in [0.25, 0.3) is 10.9 Å². The molecule has 1 atom stereocenters. The van der Waals surface area contributed by atoms with Gasteiger partial charge in [-0.3, -0.25) is 14.2 Å². The molecular formula is C18H21ClN2O4S. The van der Waals surface area contributed by atoms with Crippen molar-refractivity contribution in [2.45, 2.75) is 49.7 Å². The molecule has 0 amide bonds. The van der Waals surface area contributed by atoms with Crippen LogP contribution in [0.5, 0.6) is 0 Å². The summed E-state index contributed by atoms with van der Waals surface area (Å²) in [5.41, 5.74) is 0.399. The molecule has 1 aliphatic heterocycles. The first kappa shape index (κ1) is 19.2. The lowest BCUT2D eigenvalue weighted by Gasteiger charge is -2.15. The summed E-state index contributed by atoms with van der Waals surface area (Å²) in [6.45, 7) is 5.38. The fourth-order valence-electron chi connectivity index (χ4n) is 2.71. The van der Waals surface area contributed by atoms with E-state index in [1.54, 1.807) is 22.8 Å². The molecule has 6 nitrogen and oxygen atoms in total. The molecule has 0 N–H and O–H groups in total. The number of rotatable bonds is 7. The van der Waals surface area contributed by atoms with Crippen molar-refractivity contribution in [3.63, 3.8) is 0 Å². The van der Waals surface area contributed by atoms with Gasteiger partial charge in [0.05, 0.1) is 23.6 Å². The van der Waals surface area contributed by atoms with Crippen molar-refractivity contribution in [2.75, 3.05) is 13.2 Å². The first-order valence-electron chi connectivity index (χ1n) is 8.60. The second-order valence-electron chi connectivity index (χ2n) is 6.35. The van der Waals surface area contributed by atoms with E-state index >= 15 is 0 Å². The highest BCUT2D eigenvalue weighted by atomic mass is 35.5. The third-order valence-corrected chi connectivity index (χ3v) is 5.46. The molecule has 1 aromatic carbocycles. The van der Waals surface area contributed by atoms with Crippen molar-refractivity contribution in [2.24, 2.45) is 0 Å². The number of hydrogen-bond acceptors (Lipinski definition) is 6. The number of fused-ring (bicyclic) bond motifs is 1. The number of ether oxygens (including phenoxy) is 2. The Kier molecular flexibility index (Phi) is 6.21. The second-order valence-corrected chi connectivity index (χ2v) is 7.95. The number of thioether (sulfide) groups is 1. The lowest BCUT2D eigenvalue weighted by molar-refractivity contribution is -0.137. The van der Waals surface area contributed by atoms with Crippen LogP contribution in [0.1, 0.15) is 26.7 Å². The predicted octanol–water partition coefficient (Wildman–Crippen LogP) is 3.27. The molecule has 1 fully saturated rings. The van der Waals surface area contributed by atoms with Crippen molar-refractivity contribution >= 4 is 40.2 Å². The minimum Gasteiger partial charge on any atom is -0.465 e. The topological polar surface area (TPSA) is 70.4 Å². The molecule has 0 radical (unpaired) electrons. The average Bonchev–Trinajstić information content (AvgIpc) is 2.98. The summed E-state index contributed by atoms with van der Waals surface area (Å²) >= 11 is 7.32. The molecule has 8 heteroatoms. The van der Waals surface area contributed by atoms with E-state index in [9.17, 15) is 9.59 Å². The molecule has 0 aliphatic carbocycles. The molecule has 1 saturated heterocycles. The SMILES string of the molecule is CC(C)OCCCn1c(S[C@H]2CCOC2=O)nc2cc(Cl)ccc2c1=O. The van der Waals surface area contributed by atoms with Gasteiger partial charge in [0.1, 0.15) is 5.25 Å². The lowest BCUT2D eigenvalue weighted by Crippen LogP contribution is -2.25. The van der Waals surface area contributed by atoms with E-state index in [4.69, 9.17) is 21.1 Å². The van der Waals surface area contributed by atoms with E-state index in [0.717, 1.165) is 0 Å². The predicted molar refractivity (Wildman–Crippen MR) is 102 cm³/mol. The zero-order valence-corrected chi connectivity index (χ0v) is 16.3. The number of aromatic nitrogens is 2. The molecule has 2 heterocycles. The summed E-state index contributed by atoms with van der Waals surface area (Å²) < 4.78 is 12.2. The Hall–Kier alpha value is -1.57. The van der Waals surface area contributed by atoms with Crippen LogP contribution in [0.3, 0.4) is 0 Å². The van der Waals surface area contributed by atoms with Crippen molar-refractivity contribution in [1.82, 2.24) is 9.55 Å². The van der Waals surface area contributed by atoms with Gasteiger partial charge in [0.2, 0.25) is 0 Å². The largest absolute Gasteiger partial charge is 0.465 e. The summed E-state index contributed by atoms with van der Waals surface area (Å²) in [5.74, 6) is -0.259. The van der Waals surface area contributed by atoms with Gasteiger partial charge >= 0.3 is 5.97 Å². The molecule has 140 valence electrons.